The molecular formula is C14H18ClN3O. The van der Waals surface area contributed by atoms with Crippen LogP contribution in [0.5, 0.6) is 0 Å². The molecule has 0 fully saturated rings. The molecule has 4 nitrogen and oxygen atoms in total. The molecule has 0 amide bonds. The van der Waals surface area contributed by atoms with Gasteiger partial charge in [0, 0.05) is 44.2 Å². The molecule has 0 aliphatic rings. The summed E-state index contributed by atoms with van der Waals surface area (Å²) in [5.41, 5.74) is 1.07. The van der Waals surface area contributed by atoms with Crippen LogP contribution in [0.1, 0.15) is 12.0 Å². The van der Waals surface area contributed by atoms with E-state index in [0.29, 0.717) is 6.54 Å². The van der Waals surface area contributed by atoms with E-state index < -0.39 is 0 Å². The summed E-state index contributed by atoms with van der Waals surface area (Å²) in [6.07, 6.45) is 4.72. The van der Waals surface area contributed by atoms with Crippen LogP contribution in [0, 0.1) is 0 Å². The lowest BCUT2D eigenvalue weighted by Gasteiger charge is -2.10. The molecule has 0 aliphatic heterocycles. The Morgan fingerprint density at radius 1 is 1.37 bits per heavy atom. The van der Waals surface area contributed by atoms with E-state index in [4.69, 9.17) is 16.3 Å². The van der Waals surface area contributed by atoms with Crippen LogP contribution in [0.15, 0.2) is 36.7 Å². The van der Waals surface area contributed by atoms with Gasteiger partial charge in [-0.2, -0.15) is 0 Å². The van der Waals surface area contributed by atoms with Gasteiger partial charge in [0.25, 0.3) is 0 Å². The van der Waals surface area contributed by atoms with E-state index in [0.717, 1.165) is 36.1 Å². The Labute approximate surface area is 118 Å². The third-order valence-corrected chi connectivity index (χ3v) is 3.23. The van der Waals surface area contributed by atoms with E-state index in [1.54, 1.807) is 13.3 Å². The molecule has 0 spiro atoms. The first-order chi connectivity index (χ1) is 9.31. The number of nitrogens with zero attached hydrogens (tertiary/aromatic N) is 2. The van der Waals surface area contributed by atoms with Gasteiger partial charge in [0.05, 0.1) is 0 Å². The fraction of sp³-hybridized carbons (Fsp3) is 0.357. The maximum Gasteiger partial charge on any atom is 0.203 e. The number of aromatic nitrogens is 2. The summed E-state index contributed by atoms with van der Waals surface area (Å²) >= 11 is 6.12. The number of hydrogen-bond donors (Lipinski definition) is 1. The zero-order valence-electron chi connectivity index (χ0n) is 11.0. The number of methoxy groups -OCH3 is 1. The maximum absolute atomic E-state index is 6.12. The van der Waals surface area contributed by atoms with Crippen LogP contribution < -0.4 is 5.32 Å². The molecule has 2 aromatic rings. The van der Waals surface area contributed by atoms with Crippen molar-refractivity contribution in [2.24, 2.45) is 0 Å². The second-order valence-electron chi connectivity index (χ2n) is 4.24. The number of benzene rings is 1. The number of rotatable bonds is 7. The van der Waals surface area contributed by atoms with Gasteiger partial charge in [-0.15, -0.1) is 0 Å². The van der Waals surface area contributed by atoms with E-state index in [2.05, 4.69) is 14.9 Å². The van der Waals surface area contributed by atoms with Crippen molar-refractivity contribution in [1.29, 1.82) is 0 Å². The Morgan fingerprint density at radius 3 is 3.00 bits per heavy atom. The quantitative estimate of drug-likeness (QED) is 0.791. The maximum atomic E-state index is 6.12. The van der Waals surface area contributed by atoms with Crippen molar-refractivity contribution in [1.82, 2.24) is 9.55 Å². The SMILES string of the molecule is COCCCn1ccnc1NCc1ccccc1Cl. The van der Waals surface area contributed by atoms with Crippen molar-refractivity contribution in [2.75, 3.05) is 19.0 Å². The van der Waals surface area contributed by atoms with Crippen molar-refractivity contribution in [2.45, 2.75) is 19.5 Å². The molecule has 5 heteroatoms. The molecule has 0 unspecified atom stereocenters. The number of anilines is 1. The number of imidazole rings is 1. The van der Waals surface area contributed by atoms with Crippen LogP contribution in [-0.4, -0.2) is 23.3 Å². The third-order valence-electron chi connectivity index (χ3n) is 2.86. The van der Waals surface area contributed by atoms with Gasteiger partial charge in [-0.25, -0.2) is 4.98 Å². The number of nitrogens with one attached hydrogen (secondary N) is 1. The van der Waals surface area contributed by atoms with E-state index in [9.17, 15) is 0 Å². The van der Waals surface area contributed by atoms with Crippen LogP contribution in [0.3, 0.4) is 0 Å². The third kappa shape index (κ3) is 3.98. The molecule has 2 rings (SSSR count). The minimum atomic E-state index is 0.668. The monoisotopic (exact) mass is 279 g/mol. The Hall–Kier alpha value is -1.52. The van der Waals surface area contributed by atoms with Gasteiger partial charge in [-0.1, -0.05) is 29.8 Å². The molecule has 0 saturated carbocycles. The van der Waals surface area contributed by atoms with Gasteiger partial charge in [-0.05, 0) is 18.1 Å². The molecule has 0 bridgehead atoms. The average Bonchev–Trinajstić information content (AvgIpc) is 2.86. The summed E-state index contributed by atoms with van der Waals surface area (Å²) < 4.78 is 7.13. The first kappa shape index (κ1) is 13.9. The van der Waals surface area contributed by atoms with E-state index in [1.165, 1.54) is 0 Å². The van der Waals surface area contributed by atoms with Gasteiger partial charge < -0.3 is 14.6 Å². The molecule has 0 saturated heterocycles. The summed E-state index contributed by atoms with van der Waals surface area (Å²) in [4.78, 5) is 4.31. The number of hydrogen-bond acceptors (Lipinski definition) is 3. The predicted molar refractivity (Wildman–Crippen MR) is 77.5 cm³/mol. The van der Waals surface area contributed by atoms with Gasteiger partial charge in [0.1, 0.15) is 0 Å². The first-order valence-electron chi connectivity index (χ1n) is 6.28. The highest BCUT2D eigenvalue weighted by molar-refractivity contribution is 6.31. The van der Waals surface area contributed by atoms with Crippen molar-refractivity contribution < 1.29 is 4.74 Å². The van der Waals surface area contributed by atoms with Gasteiger partial charge in [0.2, 0.25) is 5.95 Å². The minimum absolute atomic E-state index is 0.668. The lowest BCUT2D eigenvalue weighted by molar-refractivity contribution is 0.190. The normalized spacial score (nSPS) is 10.6. The fourth-order valence-corrected chi connectivity index (χ4v) is 2.05. The molecule has 19 heavy (non-hydrogen) atoms. The topological polar surface area (TPSA) is 39.1 Å². The van der Waals surface area contributed by atoms with Crippen molar-refractivity contribution >= 4 is 17.5 Å². The molecule has 0 aliphatic carbocycles. The highest BCUT2D eigenvalue weighted by atomic mass is 35.5. The summed E-state index contributed by atoms with van der Waals surface area (Å²) in [6.45, 7) is 2.31. The van der Waals surface area contributed by atoms with E-state index in [-0.39, 0.29) is 0 Å². The Bertz CT molecular complexity index is 513. The second kappa shape index (κ2) is 7.16. The van der Waals surface area contributed by atoms with Crippen molar-refractivity contribution in [3.8, 4) is 0 Å². The van der Waals surface area contributed by atoms with Crippen molar-refractivity contribution in [3.05, 3.63) is 47.2 Å². The summed E-state index contributed by atoms with van der Waals surface area (Å²) in [7, 11) is 1.71. The van der Waals surface area contributed by atoms with Crippen LogP contribution in [0.2, 0.25) is 5.02 Å². The molecular weight excluding hydrogens is 262 g/mol. The average molecular weight is 280 g/mol. The summed E-state index contributed by atoms with van der Waals surface area (Å²) in [6, 6.07) is 7.81. The summed E-state index contributed by atoms with van der Waals surface area (Å²) in [5.74, 6) is 0.857. The van der Waals surface area contributed by atoms with Crippen LogP contribution >= 0.6 is 11.6 Å². The molecule has 1 N–H and O–H groups in total. The molecule has 0 radical (unpaired) electrons. The highest BCUT2D eigenvalue weighted by Gasteiger charge is 2.03. The zero-order chi connectivity index (χ0) is 13.5. The van der Waals surface area contributed by atoms with Gasteiger partial charge in [0.15, 0.2) is 0 Å². The van der Waals surface area contributed by atoms with E-state index >= 15 is 0 Å². The van der Waals surface area contributed by atoms with Crippen LogP contribution in [-0.2, 0) is 17.8 Å². The number of ether oxygens (including phenoxy) is 1. The van der Waals surface area contributed by atoms with Crippen LogP contribution in [0.25, 0.3) is 0 Å². The van der Waals surface area contributed by atoms with Gasteiger partial charge in [-0.3, -0.25) is 0 Å². The smallest absolute Gasteiger partial charge is 0.203 e. The molecule has 0 atom stereocenters. The van der Waals surface area contributed by atoms with Gasteiger partial charge >= 0.3 is 0 Å². The predicted octanol–water partition coefficient (Wildman–Crippen LogP) is 3.19. The zero-order valence-corrected chi connectivity index (χ0v) is 11.7. The molecule has 102 valence electrons. The second-order valence-corrected chi connectivity index (χ2v) is 4.64. The number of aryl methyl sites for hydroxylation is 1. The first-order valence-corrected chi connectivity index (χ1v) is 6.66. The Morgan fingerprint density at radius 2 is 2.21 bits per heavy atom. The fourth-order valence-electron chi connectivity index (χ4n) is 1.85. The molecule has 1 heterocycles. The standard InChI is InChI=1S/C14H18ClN3O/c1-19-10-4-8-18-9-7-16-14(18)17-11-12-5-2-3-6-13(12)15/h2-3,5-7,9H,4,8,10-11H2,1H3,(H,16,17). The van der Waals surface area contributed by atoms with E-state index in [1.807, 2.05) is 30.5 Å². The molecule has 1 aromatic carbocycles. The number of halogens is 1. The van der Waals surface area contributed by atoms with Crippen LogP contribution in [0.4, 0.5) is 5.95 Å². The largest absolute Gasteiger partial charge is 0.385 e. The Balaban J connectivity index is 1.93. The minimum Gasteiger partial charge on any atom is -0.385 e. The summed E-state index contributed by atoms with van der Waals surface area (Å²) in [5, 5.41) is 4.07. The van der Waals surface area contributed by atoms with Crippen molar-refractivity contribution in [3.63, 3.8) is 0 Å². The Kier molecular flexibility index (Phi) is 5.24. The lowest BCUT2D eigenvalue weighted by atomic mass is 10.2. The highest BCUT2D eigenvalue weighted by Crippen LogP contribution is 2.16. The molecule has 1 aromatic heterocycles. The lowest BCUT2D eigenvalue weighted by Crippen LogP contribution is -2.08.